The number of alkyl halides is 5. The molecule has 6 aromatic rings. The van der Waals surface area contributed by atoms with Crippen molar-refractivity contribution in [3.8, 4) is 11.1 Å². The van der Waals surface area contributed by atoms with E-state index in [0.717, 1.165) is 12.1 Å². The average Bonchev–Trinajstić information content (AvgIpc) is 3.39. The van der Waals surface area contributed by atoms with Gasteiger partial charge in [0, 0.05) is 67.0 Å². The first-order valence-electron chi connectivity index (χ1n) is 19.0. The number of nitrogen functional groups attached to an aromatic ring is 1. The Balaban J connectivity index is 1.08. The number of anilines is 2. The van der Waals surface area contributed by atoms with Crippen molar-refractivity contribution in [1.82, 2.24) is 40.2 Å². The lowest BCUT2D eigenvalue weighted by molar-refractivity contribution is -0.142. The number of nitrogens with two attached hydrogens (primary N) is 1. The third-order valence-corrected chi connectivity index (χ3v) is 13.0. The molecule has 60 heavy (non-hydrogen) atoms. The second-order valence-corrected chi connectivity index (χ2v) is 16.8. The number of amides is 2. The molecule has 2 aliphatic heterocycles. The van der Waals surface area contributed by atoms with Crippen LogP contribution in [-0.2, 0) is 41.6 Å². The number of rotatable bonds is 8. The van der Waals surface area contributed by atoms with E-state index < -0.39 is 82.7 Å². The normalized spacial score (nSPS) is 20.7. The Hall–Kier alpha value is -5.99. The first-order chi connectivity index (χ1) is 28.5. The first kappa shape index (κ1) is 38.2. The van der Waals surface area contributed by atoms with Crippen molar-refractivity contribution in [2.75, 3.05) is 30.3 Å². The standard InChI is InChI=1S/C39H33F7N10O3S/c1-54-30-20(3-2-4-21(30)33(47)53-54)22-14-26-34(51-35(60-26)55-7-5-37(6-8-55)16-48-36(58)59-37)50-29(22)25(11-17-9-18(40)12-19(41)10-17)49-27(57)15-56-32-28(31(52-56)39(44,45)46)23-13-24(23)38(32,42)43/h2-4,9-10,12,14,23-25H,5-8,11,13,15-16H2,1H3,(H2,47,53)(H,48,58)(H,49,57)/t23-,24+,25-/m0/s1. The largest absolute Gasteiger partial charge is 0.441 e. The molecule has 2 saturated heterocycles. The lowest BCUT2D eigenvalue weighted by Gasteiger charge is -2.36. The molecule has 10 rings (SSSR count). The Labute approximate surface area is 338 Å². The maximum Gasteiger partial charge on any atom is 0.435 e. The monoisotopic (exact) mass is 854 g/mol. The van der Waals surface area contributed by atoms with Crippen molar-refractivity contribution in [1.29, 1.82) is 0 Å². The van der Waals surface area contributed by atoms with Crippen LogP contribution in [-0.4, -0.2) is 66.8 Å². The molecule has 1 saturated carbocycles. The molecule has 6 heterocycles. The zero-order chi connectivity index (χ0) is 42.0. The highest BCUT2D eigenvalue weighted by Crippen LogP contribution is 2.68. The van der Waals surface area contributed by atoms with Crippen molar-refractivity contribution in [3.63, 3.8) is 0 Å². The number of benzene rings is 2. The second kappa shape index (κ2) is 13.3. The number of piperidine rings is 1. The van der Waals surface area contributed by atoms with E-state index in [9.17, 15) is 31.5 Å². The molecule has 4 aliphatic rings. The molecular weight excluding hydrogens is 822 g/mol. The van der Waals surface area contributed by atoms with E-state index in [1.807, 2.05) is 4.90 Å². The van der Waals surface area contributed by atoms with Gasteiger partial charge < -0.3 is 26.0 Å². The summed E-state index contributed by atoms with van der Waals surface area (Å²) in [5.74, 6) is -8.57. The van der Waals surface area contributed by atoms with Gasteiger partial charge in [-0.15, -0.1) is 0 Å². The number of carbonyl (C=O) groups excluding carboxylic acids is 2. The molecule has 3 fully saturated rings. The van der Waals surface area contributed by atoms with E-state index in [0.29, 0.717) is 75.1 Å². The van der Waals surface area contributed by atoms with Gasteiger partial charge in [0.1, 0.15) is 29.5 Å². The Morgan fingerprint density at radius 1 is 1.08 bits per heavy atom. The van der Waals surface area contributed by atoms with E-state index in [-0.39, 0.29) is 35.6 Å². The maximum atomic E-state index is 15.5. The topological polar surface area (TPSA) is 158 Å². The zero-order valence-corrected chi connectivity index (χ0v) is 32.2. The van der Waals surface area contributed by atoms with Gasteiger partial charge in [-0.05, 0) is 48.6 Å². The summed E-state index contributed by atoms with van der Waals surface area (Å²) in [5, 5.41) is 14.5. The van der Waals surface area contributed by atoms with E-state index in [4.69, 9.17) is 20.4 Å². The SMILES string of the molecule is Cn1nc(N)c2cccc(-c3cc4sc(N5CCC6(CC5)CNC(=O)O6)nc4nc3[C@H](Cc3cc(F)cc(F)c3)NC(=O)Cn3nc(C(F)(F)F)c4c3C(F)(F)[C@@H]3C[C@H]43)c21. The fourth-order valence-electron chi connectivity index (χ4n) is 9.10. The number of fused-ring (bicyclic) bond motifs is 5. The number of hydrogen-bond donors (Lipinski definition) is 3. The quantitative estimate of drug-likeness (QED) is 0.142. The highest BCUT2D eigenvalue weighted by atomic mass is 32.1. The predicted octanol–water partition coefficient (Wildman–Crippen LogP) is 6.71. The number of nitrogens with one attached hydrogen (secondary N) is 2. The fourth-order valence-corrected chi connectivity index (χ4v) is 10.1. The third kappa shape index (κ3) is 6.26. The van der Waals surface area contributed by atoms with Crippen molar-refractivity contribution < 1.29 is 45.1 Å². The summed E-state index contributed by atoms with van der Waals surface area (Å²) in [4.78, 5) is 37.7. The molecule has 312 valence electrons. The third-order valence-electron chi connectivity index (χ3n) is 11.9. The van der Waals surface area contributed by atoms with Crippen molar-refractivity contribution in [3.05, 3.63) is 82.3 Å². The number of halogens is 7. The van der Waals surface area contributed by atoms with Gasteiger partial charge in [-0.3, -0.25) is 14.2 Å². The number of thiazole rings is 1. The molecular formula is C39H33F7N10O3S. The molecule has 3 atom stereocenters. The zero-order valence-electron chi connectivity index (χ0n) is 31.4. The van der Waals surface area contributed by atoms with Crippen LogP contribution in [0.4, 0.5) is 46.5 Å². The number of ether oxygens (including phenoxy) is 1. The number of nitrogens with zero attached hydrogens (tertiary/aromatic N) is 7. The van der Waals surface area contributed by atoms with Crippen molar-refractivity contribution >= 4 is 55.5 Å². The summed E-state index contributed by atoms with van der Waals surface area (Å²) in [6.07, 6.45) is -4.83. The molecule has 4 N–H and O–H groups in total. The summed E-state index contributed by atoms with van der Waals surface area (Å²) in [5.41, 5.74) is 4.70. The molecule has 13 nitrogen and oxygen atoms in total. The maximum absolute atomic E-state index is 15.5. The van der Waals surface area contributed by atoms with Crippen LogP contribution in [0.2, 0.25) is 0 Å². The molecule has 0 bridgehead atoms. The number of alkyl carbamates (subject to hydrolysis) is 1. The Kier molecular flexibility index (Phi) is 8.45. The van der Waals surface area contributed by atoms with E-state index in [2.05, 4.69) is 20.8 Å². The van der Waals surface area contributed by atoms with Gasteiger partial charge in [-0.25, -0.2) is 18.6 Å². The highest BCUT2D eigenvalue weighted by Gasteiger charge is 2.68. The molecule has 2 amide bonds. The number of hydrogen-bond acceptors (Lipinski definition) is 10. The molecule has 0 radical (unpaired) electrons. The van der Waals surface area contributed by atoms with Crippen LogP contribution in [0.25, 0.3) is 32.4 Å². The fraction of sp³-hybridized carbons (Fsp3) is 0.385. The number of aryl methyl sites for hydroxylation is 1. The number of para-hydroxylation sites is 1. The molecule has 2 aromatic carbocycles. The summed E-state index contributed by atoms with van der Waals surface area (Å²) in [6.45, 7) is 0.407. The molecule has 4 aromatic heterocycles. The average molecular weight is 855 g/mol. The smallest absolute Gasteiger partial charge is 0.435 e. The Morgan fingerprint density at radius 2 is 1.83 bits per heavy atom. The lowest BCUT2D eigenvalue weighted by atomic mass is 9.92. The van der Waals surface area contributed by atoms with Gasteiger partial charge in [-0.1, -0.05) is 23.5 Å². The summed E-state index contributed by atoms with van der Waals surface area (Å²) in [6, 6.07) is 8.63. The van der Waals surface area contributed by atoms with Crippen LogP contribution in [0.3, 0.4) is 0 Å². The van der Waals surface area contributed by atoms with Crippen LogP contribution in [0.5, 0.6) is 0 Å². The number of pyridine rings is 1. The summed E-state index contributed by atoms with van der Waals surface area (Å²) in [7, 11) is 1.69. The van der Waals surface area contributed by atoms with Gasteiger partial charge in [0.15, 0.2) is 22.3 Å². The second-order valence-electron chi connectivity index (χ2n) is 15.8. The summed E-state index contributed by atoms with van der Waals surface area (Å²) >= 11 is 1.34. The molecule has 2 aliphatic carbocycles. The van der Waals surface area contributed by atoms with Crippen LogP contribution in [0.1, 0.15) is 59.4 Å². The van der Waals surface area contributed by atoms with E-state index in [1.165, 1.54) is 11.3 Å². The number of carbonyl (C=O) groups is 2. The van der Waals surface area contributed by atoms with Gasteiger partial charge in [0.2, 0.25) is 5.91 Å². The van der Waals surface area contributed by atoms with Crippen LogP contribution in [0.15, 0.2) is 42.5 Å². The van der Waals surface area contributed by atoms with Gasteiger partial charge in [-0.2, -0.15) is 37.1 Å². The molecule has 0 unspecified atom stereocenters. The van der Waals surface area contributed by atoms with Gasteiger partial charge in [0.25, 0.3) is 5.92 Å². The Bertz CT molecular complexity index is 2760. The van der Waals surface area contributed by atoms with Crippen molar-refractivity contribution in [2.45, 2.75) is 61.9 Å². The minimum absolute atomic E-state index is 0.0860. The van der Waals surface area contributed by atoms with Crippen molar-refractivity contribution in [2.24, 2.45) is 13.0 Å². The summed E-state index contributed by atoms with van der Waals surface area (Å²) < 4.78 is 111. The number of aromatic nitrogens is 6. The van der Waals surface area contributed by atoms with E-state index in [1.54, 1.807) is 36.0 Å². The Morgan fingerprint density at radius 3 is 2.53 bits per heavy atom. The van der Waals surface area contributed by atoms with Crippen LogP contribution >= 0.6 is 11.3 Å². The molecule has 21 heteroatoms. The first-order valence-corrected chi connectivity index (χ1v) is 19.8. The lowest BCUT2D eigenvalue weighted by Crippen LogP contribution is -2.46. The van der Waals surface area contributed by atoms with Crippen LogP contribution in [0, 0.1) is 17.6 Å². The van der Waals surface area contributed by atoms with Crippen LogP contribution < -0.4 is 21.3 Å². The highest BCUT2D eigenvalue weighted by molar-refractivity contribution is 7.22. The van der Waals surface area contributed by atoms with Gasteiger partial charge in [0.05, 0.1) is 28.5 Å². The molecule has 1 spiro atoms. The van der Waals surface area contributed by atoms with E-state index >= 15 is 8.78 Å². The minimum Gasteiger partial charge on any atom is -0.441 e. The van der Waals surface area contributed by atoms with Gasteiger partial charge >= 0.3 is 12.3 Å². The predicted molar refractivity (Wildman–Crippen MR) is 203 cm³/mol. The minimum atomic E-state index is -5.05.